The maximum atomic E-state index is 12.2. The number of allylic oxidation sites excluding steroid dienone is 2. The molecule has 0 fully saturated rings. The number of ether oxygens (including phenoxy) is 1. The fraction of sp³-hybridized carbons (Fsp3) is 0.300. The molecule has 136 valence electrons. The molecule has 0 amide bonds. The molecule has 0 bridgehead atoms. The highest BCUT2D eigenvalue weighted by atomic mass is 32.2. The van der Waals surface area contributed by atoms with E-state index in [4.69, 9.17) is 4.74 Å². The summed E-state index contributed by atoms with van der Waals surface area (Å²) in [4.78, 5) is 12.3. The van der Waals surface area contributed by atoms with Crippen LogP contribution in [-0.2, 0) is 19.4 Å². The second-order valence-corrected chi connectivity index (χ2v) is 8.35. The Bertz CT molecular complexity index is 981. The van der Waals surface area contributed by atoms with Crippen LogP contribution in [0, 0.1) is 0 Å². The lowest BCUT2D eigenvalue weighted by Crippen LogP contribution is -2.21. The predicted octanol–water partition coefficient (Wildman–Crippen LogP) is 2.74. The third kappa shape index (κ3) is 3.48. The summed E-state index contributed by atoms with van der Waals surface area (Å²) in [7, 11) is -3.40. The molecule has 6 heteroatoms. The summed E-state index contributed by atoms with van der Waals surface area (Å²) in [5, 5.41) is 0. The first kappa shape index (κ1) is 18.5. The summed E-state index contributed by atoms with van der Waals surface area (Å²) in [5.74, 6) is -0.0830. The van der Waals surface area contributed by atoms with E-state index in [1.807, 2.05) is 25.3 Å². The van der Waals surface area contributed by atoms with Crippen molar-refractivity contribution in [3.8, 4) is 0 Å². The van der Waals surface area contributed by atoms with Gasteiger partial charge in [-0.05, 0) is 12.5 Å². The zero-order chi connectivity index (χ0) is 18.9. The summed E-state index contributed by atoms with van der Waals surface area (Å²) in [6.45, 7) is 4.17. The van der Waals surface area contributed by atoms with Crippen LogP contribution in [0.1, 0.15) is 25.8 Å². The van der Waals surface area contributed by atoms with E-state index < -0.39 is 9.84 Å². The van der Waals surface area contributed by atoms with E-state index in [9.17, 15) is 13.2 Å². The maximum Gasteiger partial charge on any atom is 0.254 e. The summed E-state index contributed by atoms with van der Waals surface area (Å²) >= 11 is 0. The quantitative estimate of drug-likeness (QED) is 0.721. The fourth-order valence-corrected chi connectivity index (χ4v) is 4.01. The van der Waals surface area contributed by atoms with Gasteiger partial charge < -0.3 is 4.74 Å². The van der Waals surface area contributed by atoms with E-state index in [0.29, 0.717) is 23.5 Å². The standard InChI is InChI=1S/C20H22NO4S/c1-4-11-25-15-9-10-21-18(14(2)22)13-17(19(21)12-15)16-7-5-6-8-20(16)26(3,23)24/h5-10,12-13,15H,4,11H2,1-3H3/q+1. The zero-order valence-corrected chi connectivity index (χ0v) is 15.9. The average molecular weight is 372 g/mol. The number of fused-ring (bicyclic) bond motifs is 1. The second-order valence-electron chi connectivity index (χ2n) is 6.37. The molecule has 0 radical (unpaired) electrons. The zero-order valence-electron chi connectivity index (χ0n) is 15.1. The van der Waals surface area contributed by atoms with Crippen LogP contribution in [0.2, 0.25) is 0 Å². The van der Waals surface area contributed by atoms with Crippen molar-refractivity contribution in [2.75, 3.05) is 12.9 Å². The Hall–Kier alpha value is -2.31. The van der Waals surface area contributed by atoms with Crippen molar-refractivity contribution in [2.24, 2.45) is 0 Å². The number of hydrogen-bond acceptors (Lipinski definition) is 4. The molecule has 2 aliphatic heterocycles. The van der Waals surface area contributed by atoms with Crippen LogP contribution >= 0.6 is 0 Å². The van der Waals surface area contributed by atoms with Gasteiger partial charge in [-0.15, -0.1) is 0 Å². The molecule has 1 aromatic carbocycles. The minimum atomic E-state index is -3.40. The van der Waals surface area contributed by atoms with Crippen molar-refractivity contribution in [3.05, 3.63) is 60.0 Å². The maximum absolute atomic E-state index is 12.2. The number of rotatable bonds is 6. The molecule has 1 aromatic rings. The lowest BCUT2D eigenvalue weighted by atomic mass is 10.0. The number of sulfone groups is 1. The molecular formula is C20H22NO4S+. The summed E-state index contributed by atoms with van der Waals surface area (Å²) in [5.41, 5.74) is 2.59. The fourth-order valence-electron chi connectivity index (χ4n) is 3.11. The number of hydrogen-bond donors (Lipinski definition) is 0. The average Bonchev–Trinajstić information content (AvgIpc) is 2.98. The second kappa shape index (κ2) is 7.13. The lowest BCUT2D eigenvalue weighted by Gasteiger charge is -2.15. The van der Waals surface area contributed by atoms with Gasteiger partial charge >= 0.3 is 0 Å². The Balaban J connectivity index is 2.13. The topological polar surface area (TPSA) is 63.5 Å². The third-order valence-electron chi connectivity index (χ3n) is 4.27. The summed E-state index contributed by atoms with van der Waals surface area (Å²) in [6.07, 6.45) is 9.28. The molecule has 0 saturated carbocycles. The number of ketones is 1. The molecule has 26 heavy (non-hydrogen) atoms. The van der Waals surface area contributed by atoms with E-state index in [0.717, 1.165) is 12.1 Å². The number of nitrogens with zero attached hydrogens (tertiary/aromatic N) is 1. The molecule has 0 spiro atoms. The lowest BCUT2D eigenvalue weighted by molar-refractivity contribution is -0.391. The molecule has 0 saturated heterocycles. The smallest absolute Gasteiger partial charge is 0.254 e. The normalized spacial score (nSPS) is 19.3. The molecule has 0 aromatic heterocycles. The van der Waals surface area contributed by atoms with Gasteiger partial charge in [0, 0.05) is 43.6 Å². The predicted molar refractivity (Wildman–Crippen MR) is 101 cm³/mol. The van der Waals surface area contributed by atoms with Crippen molar-refractivity contribution in [2.45, 2.75) is 31.3 Å². The van der Waals surface area contributed by atoms with Crippen molar-refractivity contribution in [1.82, 2.24) is 0 Å². The van der Waals surface area contributed by atoms with Crippen LogP contribution in [-0.4, -0.2) is 43.5 Å². The molecule has 0 N–H and O–H groups in total. The van der Waals surface area contributed by atoms with Gasteiger partial charge in [-0.1, -0.05) is 25.1 Å². The van der Waals surface area contributed by atoms with Crippen LogP contribution in [0.15, 0.2) is 59.3 Å². The monoisotopic (exact) mass is 372 g/mol. The number of Topliss-reactive ketones (excluding diaryl/α,β-unsaturated/α-hetero) is 1. The van der Waals surface area contributed by atoms with Gasteiger partial charge in [0.15, 0.2) is 16.0 Å². The Morgan fingerprint density at radius 1 is 1.27 bits per heavy atom. The van der Waals surface area contributed by atoms with Crippen molar-refractivity contribution in [3.63, 3.8) is 0 Å². The molecule has 2 aliphatic rings. The highest BCUT2D eigenvalue weighted by molar-refractivity contribution is 7.90. The first-order valence-electron chi connectivity index (χ1n) is 8.53. The molecule has 0 aliphatic carbocycles. The summed E-state index contributed by atoms with van der Waals surface area (Å²) < 4.78 is 32.0. The Morgan fingerprint density at radius 2 is 2.00 bits per heavy atom. The van der Waals surface area contributed by atoms with Gasteiger partial charge in [0.25, 0.3) is 5.71 Å². The Labute approximate surface area is 153 Å². The van der Waals surface area contributed by atoms with Gasteiger partial charge in [0.05, 0.1) is 10.5 Å². The van der Waals surface area contributed by atoms with Crippen LogP contribution in [0.4, 0.5) is 0 Å². The first-order chi connectivity index (χ1) is 12.3. The molecule has 2 heterocycles. The molecule has 5 nitrogen and oxygen atoms in total. The van der Waals surface area contributed by atoms with Gasteiger partial charge in [-0.3, -0.25) is 4.79 Å². The largest absolute Gasteiger partial charge is 0.370 e. The van der Waals surface area contributed by atoms with Gasteiger partial charge in [0.1, 0.15) is 6.10 Å². The van der Waals surface area contributed by atoms with Crippen molar-refractivity contribution < 1.29 is 22.5 Å². The van der Waals surface area contributed by atoms with Crippen LogP contribution in [0.5, 0.6) is 0 Å². The number of carbonyl (C=O) groups is 1. The van der Waals surface area contributed by atoms with E-state index in [1.54, 1.807) is 34.9 Å². The Kier molecular flexibility index (Phi) is 5.07. The highest BCUT2D eigenvalue weighted by Crippen LogP contribution is 2.35. The minimum Gasteiger partial charge on any atom is -0.370 e. The molecular weight excluding hydrogens is 350 g/mol. The van der Waals surface area contributed by atoms with Crippen molar-refractivity contribution in [1.29, 1.82) is 0 Å². The third-order valence-corrected chi connectivity index (χ3v) is 5.43. The number of benzene rings is 1. The van der Waals surface area contributed by atoms with Gasteiger partial charge in [-0.2, -0.15) is 4.58 Å². The Morgan fingerprint density at radius 3 is 2.65 bits per heavy atom. The first-order valence-corrected chi connectivity index (χ1v) is 10.4. The highest BCUT2D eigenvalue weighted by Gasteiger charge is 2.36. The van der Waals surface area contributed by atoms with Crippen LogP contribution in [0.25, 0.3) is 5.57 Å². The van der Waals surface area contributed by atoms with E-state index in [-0.39, 0.29) is 16.8 Å². The van der Waals surface area contributed by atoms with Crippen LogP contribution in [0.3, 0.4) is 0 Å². The van der Waals surface area contributed by atoms with Crippen molar-refractivity contribution >= 4 is 26.9 Å². The van der Waals surface area contributed by atoms with Crippen LogP contribution < -0.4 is 0 Å². The van der Waals surface area contributed by atoms with Gasteiger partial charge in [0.2, 0.25) is 11.5 Å². The minimum absolute atomic E-state index is 0.0830. The molecule has 1 unspecified atom stereocenters. The number of carbonyl (C=O) groups excluding carboxylic acids is 1. The van der Waals surface area contributed by atoms with E-state index in [2.05, 4.69) is 0 Å². The SMILES string of the molecule is CCCOC1C=C[N+]2=C(C(C)=O)C=C(c3ccccc3S(C)(=O)=O)C2=C1. The van der Waals surface area contributed by atoms with E-state index in [1.165, 1.54) is 13.2 Å². The molecule has 3 rings (SSSR count). The molecule has 1 atom stereocenters. The van der Waals surface area contributed by atoms with Gasteiger partial charge in [-0.25, -0.2) is 8.42 Å². The summed E-state index contributed by atoms with van der Waals surface area (Å²) in [6, 6.07) is 6.85. The van der Waals surface area contributed by atoms with E-state index >= 15 is 0 Å².